The van der Waals surface area contributed by atoms with E-state index in [2.05, 4.69) is 48.5 Å². The summed E-state index contributed by atoms with van der Waals surface area (Å²) in [4.78, 5) is 22.6. The Morgan fingerprint density at radius 1 is 0.897 bits per heavy atom. The highest BCUT2D eigenvalue weighted by atomic mass is 28.1. The normalized spacial score (nSPS) is 12.0. The number of hydrogen-bond donors (Lipinski definition) is 0. The molecule has 0 aliphatic rings. The number of rotatable bonds is 6. The van der Waals surface area contributed by atoms with E-state index in [4.69, 9.17) is 9.47 Å². The number of ether oxygens (including phenoxy) is 2. The molecule has 5 heteroatoms. The molecule has 156 valence electrons. The highest BCUT2D eigenvalue weighted by Gasteiger charge is 2.14. The van der Waals surface area contributed by atoms with Gasteiger partial charge in [0.05, 0.1) is 16.0 Å². The van der Waals surface area contributed by atoms with Gasteiger partial charge in [0.2, 0.25) is 0 Å². The van der Waals surface area contributed by atoms with Crippen molar-refractivity contribution in [3.8, 4) is 11.1 Å². The molecule has 29 heavy (non-hydrogen) atoms. The zero-order valence-electron chi connectivity index (χ0n) is 18.1. The van der Waals surface area contributed by atoms with Gasteiger partial charge in [0.25, 0.3) is 0 Å². The second-order valence-corrected chi connectivity index (χ2v) is 8.92. The summed E-state index contributed by atoms with van der Waals surface area (Å²) in [5, 5.41) is 0. The predicted octanol–water partition coefficient (Wildman–Crippen LogP) is 4.27. The van der Waals surface area contributed by atoms with Crippen molar-refractivity contribution >= 4 is 22.2 Å². The largest absolute Gasteiger partial charge is 0.464 e. The van der Waals surface area contributed by atoms with Gasteiger partial charge in [0.1, 0.15) is 5.60 Å². The van der Waals surface area contributed by atoms with Crippen molar-refractivity contribution in [2.75, 3.05) is 0 Å². The molecule has 0 saturated heterocycles. The molecule has 0 heterocycles. The Kier molecular flexibility index (Phi) is 10.7. The van der Waals surface area contributed by atoms with Crippen LogP contribution in [0.4, 0.5) is 0 Å². The lowest BCUT2D eigenvalue weighted by atomic mass is 10.1. The van der Waals surface area contributed by atoms with Gasteiger partial charge in [0, 0.05) is 12.2 Å². The first-order chi connectivity index (χ1) is 13.7. The maximum atomic E-state index is 11.3. The van der Waals surface area contributed by atoms with Crippen LogP contribution in [0.3, 0.4) is 0 Å². The Balaban J connectivity index is 0.000000304. The van der Waals surface area contributed by atoms with E-state index < -0.39 is 17.5 Å². The van der Waals surface area contributed by atoms with Gasteiger partial charge in [-0.2, -0.15) is 0 Å². The van der Waals surface area contributed by atoms with Crippen LogP contribution in [0.25, 0.3) is 11.1 Å². The van der Waals surface area contributed by atoms with Crippen molar-refractivity contribution in [1.29, 1.82) is 0 Å². The predicted molar refractivity (Wildman–Crippen MR) is 122 cm³/mol. The molecule has 0 amide bonds. The number of carbonyl (C=O) groups excluding carboxylic acids is 2. The van der Waals surface area contributed by atoms with Crippen molar-refractivity contribution < 1.29 is 19.1 Å². The maximum Gasteiger partial charge on any atom is 0.331 e. The van der Waals surface area contributed by atoms with E-state index in [-0.39, 0.29) is 5.73 Å². The molecule has 0 bridgehead atoms. The molecule has 0 aliphatic heterocycles. The van der Waals surface area contributed by atoms with Gasteiger partial charge in [-0.15, -0.1) is 0 Å². The minimum atomic E-state index is -0.548. The van der Waals surface area contributed by atoms with Crippen LogP contribution in [0, 0.1) is 0 Å². The molecular formula is C24H32O4Si. The number of hydrogen-bond acceptors (Lipinski definition) is 4. The molecule has 1 atom stereocenters. The van der Waals surface area contributed by atoms with E-state index in [0.29, 0.717) is 0 Å². The fourth-order valence-electron chi connectivity index (χ4n) is 2.44. The summed E-state index contributed by atoms with van der Waals surface area (Å²) in [6.45, 7) is 7.35. The van der Waals surface area contributed by atoms with Crippen molar-refractivity contribution in [3.63, 3.8) is 0 Å². The molecule has 0 aliphatic carbocycles. The van der Waals surface area contributed by atoms with Gasteiger partial charge in [-0.25, -0.2) is 9.59 Å². The highest BCUT2D eigenvalue weighted by Crippen LogP contribution is 2.17. The topological polar surface area (TPSA) is 52.6 Å². The van der Waals surface area contributed by atoms with E-state index in [1.54, 1.807) is 20.8 Å². The van der Waals surface area contributed by atoms with Crippen LogP contribution in [-0.4, -0.2) is 33.5 Å². The van der Waals surface area contributed by atoms with E-state index in [9.17, 15) is 9.59 Å². The average molecular weight is 413 g/mol. The standard InChI is InChI=1S/C12H22O4Si.C12H10/c1-5-6-11(17)15-9(13)7-8-10(14)16-12(2,3)4;1-3-7-11(8-4-1)12-9-5-2-6-10-12/h7-8,11H,5-6H2,1-4,17H3;1-10H/b8-7+;. The summed E-state index contributed by atoms with van der Waals surface area (Å²) >= 11 is 0. The molecule has 2 aromatic rings. The van der Waals surface area contributed by atoms with Crippen LogP contribution in [-0.2, 0) is 19.1 Å². The maximum absolute atomic E-state index is 11.3. The Morgan fingerprint density at radius 2 is 1.34 bits per heavy atom. The number of esters is 2. The molecule has 0 fully saturated rings. The Labute approximate surface area is 177 Å². The fraction of sp³-hybridized carbons (Fsp3) is 0.333. The second kappa shape index (κ2) is 12.7. The van der Waals surface area contributed by atoms with E-state index >= 15 is 0 Å². The first-order valence-electron chi connectivity index (χ1n) is 9.93. The SMILES string of the molecule is CCCC([SiH3])OC(=O)/C=C/C(=O)OC(C)(C)C.c1ccc(-c2ccccc2)cc1. The van der Waals surface area contributed by atoms with Crippen molar-refractivity contribution in [2.24, 2.45) is 0 Å². The summed E-state index contributed by atoms with van der Waals surface area (Å²) in [5.41, 5.74) is 2.01. The monoisotopic (exact) mass is 412 g/mol. The zero-order valence-corrected chi connectivity index (χ0v) is 20.1. The third-order valence-corrected chi connectivity index (χ3v) is 4.47. The van der Waals surface area contributed by atoms with Gasteiger partial charge < -0.3 is 9.47 Å². The quantitative estimate of drug-likeness (QED) is 0.404. The van der Waals surface area contributed by atoms with Crippen molar-refractivity contribution in [2.45, 2.75) is 51.9 Å². The Bertz CT molecular complexity index is 727. The Morgan fingerprint density at radius 3 is 1.76 bits per heavy atom. The number of carbonyl (C=O) groups is 2. The first-order valence-corrected chi connectivity index (χ1v) is 11.1. The third kappa shape index (κ3) is 11.7. The summed E-state index contributed by atoms with van der Waals surface area (Å²) in [5.74, 6) is -1.01. The molecule has 0 radical (unpaired) electrons. The lowest BCUT2D eigenvalue weighted by Crippen LogP contribution is -2.23. The van der Waals surface area contributed by atoms with E-state index in [0.717, 1.165) is 35.2 Å². The molecule has 0 spiro atoms. The van der Waals surface area contributed by atoms with Crippen molar-refractivity contribution in [3.05, 3.63) is 72.8 Å². The van der Waals surface area contributed by atoms with Gasteiger partial charge in [-0.05, 0) is 38.3 Å². The third-order valence-electron chi connectivity index (χ3n) is 3.66. The van der Waals surface area contributed by atoms with Crippen molar-refractivity contribution in [1.82, 2.24) is 0 Å². The second-order valence-electron chi connectivity index (χ2n) is 7.64. The molecule has 4 nitrogen and oxygen atoms in total. The van der Waals surface area contributed by atoms with E-state index in [1.807, 2.05) is 19.1 Å². The smallest absolute Gasteiger partial charge is 0.331 e. The molecule has 0 aromatic heterocycles. The molecule has 2 rings (SSSR count). The van der Waals surface area contributed by atoms with Crippen LogP contribution >= 0.6 is 0 Å². The average Bonchev–Trinajstić information content (AvgIpc) is 2.67. The first kappa shape index (κ1) is 24.4. The van der Waals surface area contributed by atoms with Crippen LogP contribution in [0.1, 0.15) is 40.5 Å². The van der Waals surface area contributed by atoms with Crippen LogP contribution in [0.15, 0.2) is 72.8 Å². The lowest BCUT2D eigenvalue weighted by Gasteiger charge is -2.17. The molecule has 0 saturated carbocycles. The zero-order chi connectivity index (χ0) is 21.7. The highest BCUT2D eigenvalue weighted by molar-refractivity contribution is 6.12. The summed E-state index contributed by atoms with van der Waals surface area (Å²) in [6, 6.07) is 20.8. The Hall–Kier alpha value is -2.66. The van der Waals surface area contributed by atoms with Gasteiger partial charge in [-0.3, -0.25) is 0 Å². The van der Waals surface area contributed by atoms with Gasteiger partial charge >= 0.3 is 11.9 Å². The fourth-order valence-corrected chi connectivity index (χ4v) is 3.25. The summed E-state index contributed by atoms with van der Waals surface area (Å²) in [6.07, 6.45) is 4.08. The van der Waals surface area contributed by atoms with Crippen LogP contribution < -0.4 is 0 Å². The summed E-state index contributed by atoms with van der Waals surface area (Å²) < 4.78 is 10.1. The van der Waals surface area contributed by atoms with Crippen LogP contribution in [0.5, 0.6) is 0 Å². The van der Waals surface area contributed by atoms with E-state index in [1.165, 1.54) is 11.1 Å². The van der Waals surface area contributed by atoms with Crippen LogP contribution in [0.2, 0.25) is 0 Å². The van der Waals surface area contributed by atoms with Gasteiger partial charge in [-0.1, -0.05) is 74.0 Å². The lowest BCUT2D eigenvalue weighted by molar-refractivity contribution is -0.149. The minimum Gasteiger partial charge on any atom is -0.464 e. The molecule has 0 N–H and O–H groups in total. The molecular weight excluding hydrogens is 380 g/mol. The molecule has 2 aromatic carbocycles. The number of benzene rings is 2. The molecule has 1 unspecified atom stereocenters. The minimum absolute atomic E-state index is 0.00999. The summed E-state index contributed by atoms with van der Waals surface area (Å²) in [7, 11) is 0.800. The van der Waals surface area contributed by atoms with Gasteiger partial charge in [0.15, 0.2) is 0 Å².